The van der Waals surface area contributed by atoms with Gasteiger partial charge in [-0.2, -0.15) is 0 Å². The molecule has 29 heavy (non-hydrogen) atoms. The van der Waals surface area contributed by atoms with Crippen molar-refractivity contribution in [3.63, 3.8) is 0 Å². The van der Waals surface area contributed by atoms with E-state index in [1.165, 1.54) is 12.1 Å². The fourth-order valence-electron chi connectivity index (χ4n) is 3.19. The van der Waals surface area contributed by atoms with Crippen LogP contribution in [-0.2, 0) is 0 Å². The van der Waals surface area contributed by atoms with Crippen LogP contribution in [0.3, 0.4) is 0 Å². The summed E-state index contributed by atoms with van der Waals surface area (Å²) in [5.41, 5.74) is 3.44. The van der Waals surface area contributed by atoms with Gasteiger partial charge < -0.3 is 10.6 Å². The lowest BCUT2D eigenvalue weighted by molar-refractivity contribution is -0.385. The molecular formula is C21H28N4O4. The molecule has 0 spiro atoms. The maximum atomic E-state index is 10.8. The molecule has 2 rings (SSSR count). The third kappa shape index (κ3) is 7.06. The van der Waals surface area contributed by atoms with Crippen LogP contribution in [0.15, 0.2) is 36.4 Å². The summed E-state index contributed by atoms with van der Waals surface area (Å²) in [7, 11) is 0. The first-order chi connectivity index (χ1) is 13.9. The van der Waals surface area contributed by atoms with E-state index in [0.29, 0.717) is 11.1 Å². The summed E-state index contributed by atoms with van der Waals surface area (Å²) in [6.45, 7) is 5.18. The Hall–Kier alpha value is -3.16. The van der Waals surface area contributed by atoms with Crippen LogP contribution in [0.5, 0.6) is 0 Å². The van der Waals surface area contributed by atoms with Gasteiger partial charge in [-0.3, -0.25) is 20.2 Å². The molecule has 0 radical (unpaired) electrons. The SMILES string of the molecule is Cc1cc(NCCCCCCCNc2ccc([N+](=O)[O-])c(C)c2)ccc1[N+](=O)[O-]. The number of hydrogen-bond donors (Lipinski definition) is 2. The van der Waals surface area contributed by atoms with Crippen molar-refractivity contribution in [1.29, 1.82) is 0 Å². The molecule has 0 aliphatic carbocycles. The maximum absolute atomic E-state index is 10.8. The van der Waals surface area contributed by atoms with Gasteiger partial charge in [0.25, 0.3) is 11.4 Å². The van der Waals surface area contributed by atoms with Gasteiger partial charge in [0.2, 0.25) is 0 Å². The smallest absolute Gasteiger partial charge is 0.272 e. The number of nitrogens with zero attached hydrogens (tertiary/aromatic N) is 2. The highest BCUT2D eigenvalue weighted by Gasteiger charge is 2.10. The summed E-state index contributed by atoms with van der Waals surface area (Å²) >= 11 is 0. The number of anilines is 2. The van der Waals surface area contributed by atoms with Gasteiger partial charge in [-0.05, 0) is 51.0 Å². The number of unbranched alkanes of at least 4 members (excludes halogenated alkanes) is 4. The molecule has 0 unspecified atom stereocenters. The Morgan fingerprint density at radius 1 is 0.690 bits per heavy atom. The molecule has 2 N–H and O–H groups in total. The van der Waals surface area contributed by atoms with Crippen molar-refractivity contribution in [1.82, 2.24) is 0 Å². The number of nitrogens with one attached hydrogen (secondary N) is 2. The van der Waals surface area contributed by atoms with E-state index in [1.807, 2.05) is 12.1 Å². The predicted octanol–water partition coefficient (Wildman–Crippen LogP) is 5.59. The van der Waals surface area contributed by atoms with E-state index in [0.717, 1.165) is 56.6 Å². The second-order valence-corrected chi connectivity index (χ2v) is 7.14. The van der Waals surface area contributed by atoms with Crippen LogP contribution in [0.4, 0.5) is 22.7 Å². The van der Waals surface area contributed by atoms with Gasteiger partial charge >= 0.3 is 0 Å². The Balaban J connectivity index is 1.55. The molecule has 0 aromatic heterocycles. The molecule has 0 saturated heterocycles. The third-order valence-electron chi connectivity index (χ3n) is 4.80. The molecule has 0 atom stereocenters. The molecule has 156 valence electrons. The van der Waals surface area contributed by atoms with E-state index in [9.17, 15) is 20.2 Å². The van der Waals surface area contributed by atoms with Crippen molar-refractivity contribution < 1.29 is 9.85 Å². The molecule has 2 aromatic carbocycles. The summed E-state index contributed by atoms with van der Waals surface area (Å²) in [5, 5.41) is 28.3. The second kappa shape index (κ2) is 11.0. The standard InChI is InChI=1S/C21H28N4O4/c1-16-14-18(8-10-20(16)24(26)27)22-12-6-4-3-5-7-13-23-19-9-11-21(25(28)29)17(2)15-19/h8-11,14-15,22-23H,3-7,12-13H2,1-2H3. The first kappa shape index (κ1) is 22.1. The normalized spacial score (nSPS) is 10.6. The lowest BCUT2D eigenvalue weighted by atomic mass is 10.1. The van der Waals surface area contributed by atoms with Gasteiger partial charge in [-0.15, -0.1) is 0 Å². The van der Waals surface area contributed by atoms with Crippen LogP contribution in [0, 0.1) is 34.1 Å². The predicted molar refractivity (Wildman–Crippen MR) is 116 cm³/mol. The monoisotopic (exact) mass is 400 g/mol. The average molecular weight is 400 g/mol. The van der Waals surface area contributed by atoms with Crippen molar-refractivity contribution >= 4 is 22.7 Å². The number of nitro groups is 2. The third-order valence-corrected chi connectivity index (χ3v) is 4.80. The number of benzene rings is 2. The van der Waals surface area contributed by atoms with Gasteiger partial charge in [-0.25, -0.2) is 0 Å². The molecule has 0 heterocycles. The van der Waals surface area contributed by atoms with Crippen molar-refractivity contribution in [2.24, 2.45) is 0 Å². The molecule has 0 amide bonds. The summed E-state index contributed by atoms with van der Waals surface area (Å²) in [4.78, 5) is 20.9. The lowest BCUT2D eigenvalue weighted by Crippen LogP contribution is -2.03. The van der Waals surface area contributed by atoms with Gasteiger partial charge in [0.05, 0.1) is 9.85 Å². The number of rotatable bonds is 12. The van der Waals surface area contributed by atoms with Crippen LogP contribution in [0.1, 0.15) is 43.2 Å². The minimum atomic E-state index is -0.364. The van der Waals surface area contributed by atoms with Gasteiger partial charge in [0.1, 0.15) is 0 Å². The Bertz CT molecular complexity index is 785. The van der Waals surface area contributed by atoms with E-state index in [-0.39, 0.29) is 21.2 Å². The van der Waals surface area contributed by atoms with E-state index in [2.05, 4.69) is 10.6 Å². The average Bonchev–Trinajstić information content (AvgIpc) is 2.66. The Morgan fingerprint density at radius 3 is 1.41 bits per heavy atom. The topological polar surface area (TPSA) is 110 Å². The summed E-state index contributed by atoms with van der Waals surface area (Å²) in [6.07, 6.45) is 5.48. The zero-order valence-corrected chi connectivity index (χ0v) is 16.9. The lowest BCUT2D eigenvalue weighted by Gasteiger charge is -2.09. The Morgan fingerprint density at radius 2 is 1.07 bits per heavy atom. The van der Waals surface area contributed by atoms with Crippen molar-refractivity contribution in [3.05, 3.63) is 67.8 Å². The van der Waals surface area contributed by atoms with Crippen molar-refractivity contribution in [2.45, 2.75) is 46.0 Å². The molecule has 0 bridgehead atoms. The highest BCUT2D eigenvalue weighted by atomic mass is 16.6. The van der Waals surface area contributed by atoms with Gasteiger partial charge in [-0.1, -0.05) is 19.3 Å². The zero-order chi connectivity index (χ0) is 21.2. The highest BCUT2D eigenvalue weighted by Crippen LogP contribution is 2.22. The molecule has 0 fully saturated rings. The molecular weight excluding hydrogens is 372 g/mol. The van der Waals surface area contributed by atoms with Gasteiger partial charge in [0.15, 0.2) is 0 Å². The molecule has 8 heteroatoms. The van der Waals surface area contributed by atoms with Crippen LogP contribution in [-0.4, -0.2) is 22.9 Å². The van der Waals surface area contributed by atoms with Crippen LogP contribution in [0.2, 0.25) is 0 Å². The second-order valence-electron chi connectivity index (χ2n) is 7.14. The minimum absolute atomic E-state index is 0.146. The van der Waals surface area contributed by atoms with E-state index in [4.69, 9.17) is 0 Å². The Kier molecular flexibility index (Phi) is 8.39. The summed E-state index contributed by atoms with van der Waals surface area (Å²) < 4.78 is 0. The van der Waals surface area contributed by atoms with E-state index >= 15 is 0 Å². The molecule has 2 aromatic rings. The van der Waals surface area contributed by atoms with E-state index in [1.54, 1.807) is 26.0 Å². The number of nitro benzene ring substituents is 2. The largest absolute Gasteiger partial charge is 0.385 e. The van der Waals surface area contributed by atoms with Crippen molar-refractivity contribution in [2.75, 3.05) is 23.7 Å². The fourth-order valence-corrected chi connectivity index (χ4v) is 3.19. The summed E-state index contributed by atoms with van der Waals surface area (Å²) in [5.74, 6) is 0. The Labute approximate surface area is 170 Å². The molecule has 8 nitrogen and oxygen atoms in total. The van der Waals surface area contributed by atoms with Crippen LogP contribution in [0.25, 0.3) is 0 Å². The number of hydrogen-bond acceptors (Lipinski definition) is 6. The van der Waals surface area contributed by atoms with Crippen molar-refractivity contribution in [3.8, 4) is 0 Å². The first-order valence-corrected chi connectivity index (χ1v) is 9.86. The van der Waals surface area contributed by atoms with Crippen LogP contribution >= 0.6 is 0 Å². The molecule has 0 saturated carbocycles. The fraction of sp³-hybridized carbons (Fsp3) is 0.429. The first-order valence-electron chi connectivity index (χ1n) is 9.86. The highest BCUT2D eigenvalue weighted by molar-refractivity contribution is 5.54. The minimum Gasteiger partial charge on any atom is -0.385 e. The molecule has 0 aliphatic rings. The quantitative estimate of drug-likeness (QED) is 0.273. The van der Waals surface area contributed by atoms with Crippen LogP contribution < -0.4 is 10.6 Å². The zero-order valence-electron chi connectivity index (χ0n) is 16.9. The maximum Gasteiger partial charge on any atom is 0.272 e. The summed E-state index contributed by atoms with van der Waals surface area (Å²) in [6, 6.07) is 10.2. The molecule has 0 aliphatic heterocycles. The number of aryl methyl sites for hydroxylation is 2. The van der Waals surface area contributed by atoms with E-state index < -0.39 is 0 Å². The van der Waals surface area contributed by atoms with Gasteiger partial charge in [0, 0.05) is 47.7 Å².